The number of carbonyl (C=O) groups excluding carboxylic acids is 2. The number of nitrogens with zero attached hydrogens (tertiary/aromatic N) is 2. The predicted octanol–water partition coefficient (Wildman–Crippen LogP) is 3.92. The Kier molecular flexibility index (Phi) is 5.66. The molecule has 1 fully saturated rings. The maximum absolute atomic E-state index is 14.4. The summed E-state index contributed by atoms with van der Waals surface area (Å²) in [5.74, 6) is -1.96. The van der Waals surface area contributed by atoms with Crippen molar-refractivity contribution < 1.29 is 27.5 Å². The summed E-state index contributed by atoms with van der Waals surface area (Å²) >= 11 is 0. The molecular weight excluding hydrogens is 423 g/mol. The van der Waals surface area contributed by atoms with Crippen LogP contribution in [0.25, 0.3) is 0 Å². The normalized spacial score (nSPS) is 21.6. The highest BCUT2D eigenvalue weighted by Gasteiger charge is 2.68. The summed E-state index contributed by atoms with van der Waals surface area (Å²) in [4.78, 5) is 31.2. The first kappa shape index (κ1) is 21.9. The number of hydrogen-bond acceptors (Lipinski definition) is 4. The van der Waals surface area contributed by atoms with Crippen molar-refractivity contribution in [3.05, 3.63) is 65.7 Å². The number of ether oxygens (including phenoxy) is 1. The second kappa shape index (κ2) is 8.29. The second-order valence-electron chi connectivity index (χ2n) is 7.81. The second-order valence-corrected chi connectivity index (χ2v) is 7.81. The first-order valence-electron chi connectivity index (χ1n) is 10.3. The molecule has 2 aromatic carbocycles. The van der Waals surface area contributed by atoms with E-state index in [2.05, 4.69) is 4.99 Å². The highest BCUT2D eigenvalue weighted by molar-refractivity contribution is 6.17. The summed E-state index contributed by atoms with van der Waals surface area (Å²) < 4.78 is 48.3. The molecule has 1 N–H and O–H groups in total. The molecule has 32 heavy (non-hydrogen) atoms. The van der Waals surface area contributed by atoms with Gasteiger partial charge in [-0.15, -0.1) is 0 Å². The fourth-order valence-corrected chi connectivity index (χ4v) is 4.14. The van der Waals surface area contributed by atoms with Crippen LogP contribution in [0.4, 0.5) is 13.2 Å². The van der Waals surface area contributed by atoms with Gasteiger partial charge in [0.2, 0.25) is 0 Å². The lowest BCUT2D eigenvalue weighted by Crippen LogP contribution is -2.64. The zero-order chi connectivity index (χ0) is 22.9. The summed E-state index contributed by atoms with van der Waals surface area (Å²) in [5, 5.41) is 1.91. The summed E-state index contributed by atoms with van der Waals surface area (Å²) in [6.07, 6.45) is -2.35. The molecule has 6 nitrogen and oxygen atoms in total. The zero-order valence-electron chi connectivity index (χ0n) is 17.4. The van der Waals surface area contributed by atoms with Gasteiger partial charge in [0.05, 0.1) is 7.11 Å². The number of aliphatic imine (C=N–C) groups is 1. The molecule has 1 atom stereocenters. The van der Waals surface area contributed by atoms with Gasteiger partial charge < -0.3 is 10.1 Å². The van der Waals surface area contributed by atoms with Crippen LogP contribution in [0.15, 0.2) is 59.6 Å². The number of carbonyl (C=O) groups is 2. The van der Waals surface area contributed by atoms with Crippen molar-refractivity contribution >= 4 is 17.6 Å². The SMILES string of the molecule is COc1ccc(C(=O)N[C@]2(C(F)(F)F)N=C(c3ccccc3)N(C3CCCC3)C2=O)cc1. The minimum atomic E-state index is -5.14. The third-order valence-corrected chi connectivity index (χ3v) is 5.81. The highest BCUT2D eigenvalue weighted by atomic mass is 19.4. The van der Waals surface area contributed by atoms with Crippen LogP contribution < -0.4 is 10.1 Å². The largest absolute Gasteiger partial charge is 0.497 e. The van der Waals surface area contributed by atoms with Crippen molar-refractivity contribution in [2.75, 3.05) is 7.11 Å². The van der Waals surface area contributed by atoms with Crippen LogP contribution in [-0.2, 0) is 4.79 Å². The van der Waals surface area contributed by atoms with Gasteiger partial charge >= 0.3 is 11.8 Å². The number of methoxy groups -OCH3 is 1. The molecule has 9 heteroatoms. The molecule has 1 saturated carbocycles. The van der Waals surface area contributed by atoms with E-state index in [0.717, 1.165) is 17.7 Å². The van der Waals surface area contributed by atoms with Crippen LogP contribution in [0, 0.1) is 0 Å². The Morgan fingerprint density at radius 3 is 2.28 bits per heavy atom. The molecule has 2 amide bonds. The number of hydrogen-bond donors (Lipinski definition) is 1. The molecule has 0 unspecified atom stereocenters. The van der Waals surface area contributed by atoms with Gasteiger partial charge in [-0.1, -0.05) is 43.2 Å². The number of alkyl halides is 3. The van der Waals surface area contributed by atoms with Gasteiger partial charge in [0.15, 0.2) is 0 Å². The summed E-state index contributed by atoms with van der Waals surface area (Å²) in [5.41, 5.74) is -3.05. The average Bonchev–Trinajstić information content (AvgIpc) is 3.41. The fourth-order valence-electron chi connectivity index (χ4n) is 4.14. The molecule has 4 rings (SSSR count). The van der Waals surface area contributed by atoms with E-state index in [1.54, 1.807) is 30.3 Å². The Morgan fingerprint density at radius 2 is 1.72 bits per heavy atom. The van der Waals surface area contributed by atoms with Crippen molar-refractivity contribution in [2.24, 2.45) is 4.99 Å². The topological polar surface area (TPSA) is 71.0 Å². The molecule has 1 aliphatic heterocycles. The molecule has 1 heterocycles. The molecule has 2 aliphatic rings. The molecule has 1 aliphatic carbocycles. The van der Waals surface area contributed by atoms with E-state index in [0.29, 0.717) is 24.2 Å². The van der Waals surface area contributed by atoms with Gasteiger partial charge in [-0.25, -0.2) is 4.99 Å². The molecule has 0 bridgehead atoms. The quantitative estimate of drug-likeness (QED) is 0.759. The van der Waals surface area contributed by atoms with Gasteiger partial charge in [-0.2, -0.15) is 13.2 Å². The Bertz CT molecular complexity index is 1030. The van der Waals surface area contributed by atoms with E-state index in [-0.39, 0.29) is 11.4 Å². The van der Waals surface area contributed by atoms with Crippen LogP contribution in [0.2, 0.25) is 0 Å². The smallest absolute Gasteiger partial charge is 0.442 e. The van der Waals surface area contributed by atoms with Crippen molar-refractivity contribution in [1.29, 1.82) is 0 Å². The number of amidine groups is 1. The molecule has 2 aromatic rings. The van der Waals surface area contributed by atoms with Crippen LogP contribution in [-0.4, -0.2) is 47.5 Å². The number of nitrogens with one attached hydrogen (secondary N) is 1. The van der Waals surface area contributed by atoms with Crippen LogP contribution in [0.3, 0.4) is 0 Å². The number of halogens is 3. The minimum absolute atomic E-state index is 0.0435. The molecule has 0 spiro atoms. The predicted molar refractivity (Wildman–Crippen MR) is 111 cm³/mol. The van der Waals surface area contributed by atoms with Crippen molar-refractivity contribution in [1.82, 2.24) is 10.2 Å². The Morgan fingerprint density at radius 1 is 1.09 bits per heavy atom. The van der Waals surface area contributed by atoms with Crippen LogP contribution >= 0.6 is 0 Å². The van der Waals surface area contributed by atoms with E-state index in [4.69, 9.17) is 4.74 Å². The van der Waals surface area contributed by atoms with Crippen molar-refractivity contribution in [3.8, 4) is 5.75 Å². The van der Waals surface area contributed by atoms with Gasteiger partial charge in [-0.05, 0) is 37.1 Å². The lowest BCUT2D eigenvalue weighted by Gasteiger charge is -2.31. The first-order valence-corrected chi connectivity index (χ1v) is 10.3. The monoisotopic (exact) mass is 445 g/mol. The van der Waals surface area contributed by atoms with Gasteiger partial charge in [0.1, 0.15) is 11.6 Å². The Labute approximate surface area is 183 Å². The molecule has 168 valence electrons. The summed E-state index contributed by atoms with van der Waals surface area (Å²) in [6, 6.07) is 13.4. The summed E-state index contributed by atoms with van der Waals surface area (Å²) in [6.45, 7) is 0. The van der Waals surface area contributed by atoms with Crippen LogP contribution in [0.1, 0.15) is 41.6 Å². The highest BCUT2D eigenvalue weighted by Crippen LogP contribution is 2.41. The van der Waals surface area contributed by atoms with Gasteiger partial charge in [-0.3, -0.25) is 14.5 Å². The number of rotatable bonds is 5. The van der Waals surface area contributed by atoms with E-state index in [1.165, 1.54) is 31.4 Å². The fraction of sp³-hybridized carbons (Fsp3) is 0.348. The van der Waals surface area contributed by atoms with E-state index < -0.39 is 29.7 Å². The molecule has 0 aromatic heterocycles. The number of benzene rings is 2. The zero-order valence-corrected chi connectivity index (χ0v) is 17.4. The summed E-state index contributed by atoms with van der Waals surface area (Å²) in [7, 11) is 1.43. The molecular formula is C23H22F3N3O3. The van der Waals surface area contributed by atoms with E-state index in [1.807, 2.05) is 5.32 Å². The van der Waals surface area contributed by atoms with Crippen molar-refractivity contribution in [3.63, 3.8) is 0 Å². The maximum atomic E-state index is 14.4. The third-order valence-electron chi connectivity index (χ3n) is 5.81. The Hall–Kier alpha value is -3.36. The minimum Gasteiger partial charge on any atom is -0.497 e. The first-order chi connectivity index (χ1) is 15.3. The van der Waals surface area contributed by atoms with Gasteiger partial charge in [0, 0.05) is 17.2 Å². The lowest BCUT2D eigenvalue weighted by molar-refractivity contribution is -0.196. The average molecular weight is 445 g/mol. The van der Waals surface area contributed by atoms with Crippen LogP contribution in [0.5, 0.6) is 5.75 Å². The third kappa shape index (κ3) is 3.72. The number of amides is 2. The van der Waals surface area contributed by atoms with E-state index >= 15 is 0 Å². The van der Waals surface area contributed by atoms with Crippen molar-refractivity contribution in [2.45, 2.75) is 43.6 Å². The maximum Gasteiger partial charge on any atom is 0.442 e. The Balaban J connectivity index is 1.78. The van der Waals surface area contributed by atoms with Gasteiger partial charge in [0.25, 0.3) is 11.8 Å². The standard InChI is InChI=1S/C23H22F3N3O3/c1-32-18-13-11-16(12-14-18)20(30)28-22(23(24,25)26)21(31)29(17-9-5-6-10-17)19(27-22)15-7-3-2-4-8-15/h2-4,7-8,11-14,17H,5-6,9-10H2,1H3,(H,28,30)/t22-/m1/s1. The lowest BCUT2D eigenvalue weighted by atomic mass is 10.1. The molecule has 0 radical (unpaired) electrons. The van der Waals surface area contributed by atoms with E-state index in [9.17, 15) is 22.8 Å². The molecule has 0 saturated heterocycles.